The zero-order chi connectivity index (χ0) is 5.54. The minimum absolute atomic E-state index is 1.44. The average Bonchev–Trinajstić information content (AvgIpc) is 1.69. The summed E-state index contributed by atoms with van der Waals surface area (Å²) in [6.45, 7) is 1.86. The predicted octanol–water partition coefficient (Wildman–Crippen LogP) is 1.11. The Kier molecular flexibility index (Phi) is 4.13. The third kappa shape index (κ3) is 4.90. The van der Waals surface area contributed by atoms with Crippen LogP contribution in [0.3, 0.4) is 0 Å². The van der Waals surface area contributed by atoms with Gasteiger partial charge in [-0.3, -0.25) is 0 Å². The molecule has 2 nitrogen and oxygen atoms in total. The lowest BCUT2D eigenvalue weighted by atomic mass is 10.6. The van der Waals surface area contributed by atoms with E-state index in [2.05, 4.69) is 4.99 Å². The molecule has 36 valence electrons. The van der Waals surface area contributed by atoms with Crippen LogP contribution in [0, 0.1) is 11.5 Å². The van der Waals surface area contributed by atoms with Gasteiger partial charge in [0.15, 0.2) is 0 Å². The molecule has 0 aliphatic heterocycles. The molecule has 0 atom stereocenters. The Morgan fingerprint density at radius 1 is 1.71 bits per heavy atom. The second-order valence-electron chi connectivity index (χ2n) is 0.904. The van der Waals surface area contributed by atoms with E-state index >= 15 is 0 Å². The molecule has 0 unspecified atom stereocenters. The van der Waals surface area contributed by atoms with Gasteiger partial charge < -0.3 is 0 Å². The molecule has 0 saturated heterocycles. The first-order valence-corrected chi connectivity index (χ1v) is 1.95. The summed E-state index contributed by atoms with van der Waals surface area (Å²) in [4.78, 5) is 3.26. The number of nitrogens with zero attached hydrogens (tertiary/aromatic N) is 2. The van der Waals surface area contributed by atoms with Crippen molar-refractivity contribution >= 4 is 6.21 Å². The van der Waals surface area contributed by atoms with E-state index in [4.69, 9.17) is 5.26 Å². The van der Waals surface area contributed by atoms with Gasteiger partial charge in [0.25, 0.3) is 0 Å². The van der Waals surface area contributed by atoms with Crippen molar-refractivity contribution in [2.24, 2.45) is 4.99 Å². The highest BCUT2D eigenvalue weighted by molar-refractivity contribution is 5.71. The summed E-state index contributed by atoms with van der Waals surface area (Å²) in [5.74, 6) is 0. The van der Waals surface area contributed by atoms with Crippen LogP contribution in [0.4, 0.5) is 0 Å². The number of hydrogen-bond donors (Lipinski definition) is 0. The van der Waals surface area contributed by atoms with Crippen molar-refractivity contribution in [2.75, 3.05) is 0 Å². The van der Waals surface area contributed by atoms with Crippen molar-refractivity contribution in [2.45, 2.75) is 6.92 Å². The van der Waals surface area contributed by atoms with Crippen molar-refractivity contribution in [3.05, 3.63) is 12.2 Å². The number of aliphatic imine (C=N–C) groups is 1. The van der Waals surface area contributed by atoms with Crippen LogP contribution < -0.4 is 0 Å². The Hall–Kier alpha value is -1.10. The van der Waals surface area contributed by atoms with Gasteiger partial charge >= 0.3 is 0 Å². The van der Waals surface area contributed by atoms with Gasteiger partial charge in [0, 0.05) is 6.21 Å². The van der Waals surface area contributed by atoms with Gasteiger partial charge in [-0.2, -0.15) is 10.3 Å². The standard InChI is InChI=1S/C5H6N2/c1-2-3-4-7-5-6/h2-4H,1H3/b3-2-,7-4-. The summed E-state index contributed by atoms with van der Waals surface area (Å²) >= 11 is 0. The highest BCUT2D eigenvalue weighted by Crippen LogP contribution is 1.62. The molecular formula is C5H6N2. The number of hydrogen-bond acceptors (Lipinski definition) is 2. The second kappa shape index (κ2) is 4.90. The quantitative estimate of drug-likeness (QED) is 0.354. The van der Waals surface area contributed by atoms with Crippen LogP contribution in [0.2, 0.25) is 0 Å². The lowest BCUT2D eigenvalue weighted by Gasteiger charge is -1.60. The fraction of sp³-hybridized carbons (Fsp3) is 0.200. The van der Waals surface area contributed by atoms with E-state index in [1.165, 1.54) is 6.21 Å². The highest BCUT2D eigenvalue weighted by Gasteiger charge is 1.55. The van der Waals surface area contributed by atoms with Crippen LogP contribution in [0.1, 0.15) is 6.92 Å². The topological polar surface area (TPSA) is 36.1 Å². The highest BCUT2D eigenvalue weighted by atomic mass is 14.7. The van der Waals surface area contributed by atoms with E-state index in [1.54, 1.807) is 18.3 Å². The van der Waals surface area contributed by atoms with Crippen LogP contribution in [0.5, 0.6) is 0 Å². The second-order valence-corrected chi connectivity index (χ2v) is 0.904. The Morgan fingerprint density at radius 2 is 2.43 bits per heavy atom. The van der Waals surface area contributed by atoms with E-state index in [-0.39, 0.29) is 0 Å². The first-order valence-electron chi connectivity index (χ1n) is 1.95. The van der Waals surface area contributed by atoms with Gasteiger partial charge in [0.05, 0.1) is 0 Å². The van der Waals surface area contributed by atoms with Crippen LogP contribution in [0.15, 0.2) is 17.1 Å². The van der Waals surface area contributed by atoms with Crippen molar-refractivity contribution in [3.8, 4) is 6.19 Å². The molecule has 0 aliphatic carbocycles. The Bertz CT molecular complexity index is 117. The molecule has 0 radical (unpaired) electrons. The summed E-state index contributed by atoms with van der Waals surface area (Å²) in [6.07, 6.45) is 6.57. The number of nitriles is 1. The summed E-state index contributed by atoms with van der Waals surface area (Å²) in [5, 5.41) is 7.81. The molecular weight excluding hydrogens is 88.1 g/mol. The fourth-order valence-electron chi connectivity index (χ4n) is 0.162. The fourth-order valence-corrected chi connectivity index (χ4v) is 0.162. The Morgan fingerprint density at radius 3 is 2.86 bits per heavy atom. The zero-order valence-electron chi connectivity index (χ0n) is 4.13. The predicted molar refractivity (Wildman–Crippen MR) is 28.9 cm³/mol. The normalized spacial score (nSPS) is 10.3. The minimum atomic E-state index is 1.44. The number of rotatable bonds is 1. The largest absolute Gasteiger partial charge is 0.205 e. The maximum absolute atomic E-state index is 7.81. The molecule has 0 aliphatic rings. The lowest BCUT2D eigenvalue weighted by molar-refractivity contribution is 1.45. The maximum Gasteiger partial charge on any atom is 0.205 e. The first-order chi connectivity index (χ1) is 3.41. The number of allylic oxidation sites excluding steroid dienone is 2. The molecule has 0 aromatic carbocycles. The van der Waals surface area contributed by atoms with Crippen molar-refractivity contribution in [3.63, 3.8) is 0 Å². The third-order valence-corrected chi connectivity index (χ3v) is 0.411. The van der Waals surface area contributed by atoms with Crippen LogP contribution >= 0.6 is 0 Å². The molecule has 0 saturated carbocycles. The van der Waals surface area contributed by atoms with E-state index in [9.17, 15) is 0 Å². The van der Waals surface area contributed by atoms with Gasteiger partial charge in [-0.25, -0.2) is 0 Å². The first kappa shape index (κ1) is 5.90. The molecule has 0 N–H and O–H groups in total. The summed E-state index contributed by atoms with van der Waals surface area (Å²) in [5.41, 5.74) is 0. The zero-order valence-corrected chi connectivity index (χ0v) is 4.13. The van der Waals surface area contributed by atoms with Gasteiger partial charge in [-0.05, 0) is 13.0 Å². The molecule has 0 aromatic rings. The van der Waals surface area contributed by atoms with Crippen LogP contribution in [-0.4, -0.2) is 6.21 Å². The molecule has 0 amide bonds. The van der Waals surface area contributed by atoms with Gasteiger partial charge in [-0.15, -0.1) is 0 Å². The molecule has 0 bridgehead atoms. The molecule has 0 heterocycles. The monoisotopic (exact) mass is 94.1 g/mol. The van der Waals surface area contributed by atoms with Crippen LogP contribution in [-0.2, 0) is 0 Å². The smallest absolute Gasteiger partial charge is 0.182 e. The molecule has 7 heavy (non-hydrogen) atoms. The lowest BCUT2D eigenvalue weighted by Crippen LogP contribution is -1.56. The van der Waals surface area contributed by atoms with Gasteiger partial charge in [0.2, 0.25) is 6.19 Å². The van der Waals surface area contributed by atoms with E-state index in [1.807, 2.05) is 6.92 Å². The Balaban J connectivity index is 3.33. The summed E-state index contributed by atoms with van der Waals surface area (Å²) < 4.78 is 0. The summed E-state index contributed by atoms with van der Waals surface area (Å²) in [7, 11) is 0. The maximum atomic E-state index is 7.81. The molecule has 0 rings (SSSR count). The third-order valence-electron chi connectivity index (χ3n) is 0.411. The van der Waals surface area contributed by atoms with E-state index < -0.39 is 0 Å². The SMILES string of the molecule is C/C=C\C=N/C#N. The summed E-state index contributed by atoms with van der Waals surface area (Å²) in [6, 6.07) is 0. The van der Waals surface area contributed by atoms with E-state index in [0.717, 1.165) is 0 Å². The van der Waals surface area contributed by atoms with Crippen molar-refractivity contribution < 1.29 is 0 Å². The van der Waals surface area contributed by atoms with E-state index in [0.29, 0.717) is 0 Å². The van der Waals surface area contributed by atoms with Crippen molar-refractivity contribution in [1.29, 1.82) is 5.26 Å². The molecule has 0 fully saturated rings. The molecule has 0 spiro atoms. The molecule has 0 aromatic heterocycles. The van der Waals surface area contributed by atoms with Gasteiger partial charge in [0.1, 0.15) is 0 Å². The minimum Gasteiger partial charge on any atom is -0.182 e. The average molecular weight is 94.1 g/mol. The van der Waals surface area contributed by atoms with Gasteiger partial charge in [-0.1, -0.05) is 6.08 Å². The Labute approximate surface area is 42.8 Å². The van der Waals surface area contributed by atoms with Crippen molar-refractivity contribution in [1.82, 2.24) is 0 Å². The van der Waals surface area contributed by atoms with Crippen LogP contribution in [0.25, 0.3) is 0 Å². The molecule has 2 heteroatoms.